The van der Waals surface area contributed by atoms with Crippen LogP contribution in [-0.2, 0) is 40.8 Å². The largest absolute Gasteiger partial charge is 0.496 e. The number of fused-ring (bicyclic) bond motifs is 4. The Balaban J connectivity index is 0.000000130. The second-order valence-electron chi connectivity index (χ2n) is 30.3. The first-order valence-corrected chi connectivity index (χ1v) is 43.7. The number of piperidine rings is 1. The van der Waals surface area contributed by atoms with Gasteiger partial charge in [-0.25, -0.2) is 64.6 Å². The van der Waals surface area contributed by atoms with Gasteiger partial charge in [-0.3, -0.25) is 19.7 Å². The molecule has 4 aliphatic heterocycles. The minimum Gasteiger partial charge on any atom is -0.496 e. The highest BCUT2D eigenvalue weighted by Gasteiger charge is 2.51. The normalized spacial score (nSPS) is 19.6. The summed E-state index contributed by atoms with van der Waals surface area (Å²) >= 11 is 0. The minimum atomic E-state index is -3.66. The van der Waals surface area contributed by atoms with Crippen molar-refractivity contribution in [1.82, 2.24) is 68.1 Å². The molecule has 0 spiro atoms. The number of methoxy groups -OCH3 is 4. The van der Waals surface area contributed by atoms with Crippen LogP contribution in [0.4, 0.5) is 23.1 Å². The summed E-state index contributed by atoms with van der Waals surface area (Å²) in [7, 11) is -7.96. The second kappa shape index (κ2) is 32.9. The lowest BCUT2D eigenvalue weighted by atomic mass is 10.0. The molecule has 0 bridgehead atoms. The number of nitrogens with two attached hydrogens (primary N) is 4. The number of pyridine rings is 1. The van der Waals surface area contributed by atoms with E-state index >= 15 is 0 Å². The van der Waals surface area contributed by atoms with E-state index in [9.17, 15) is 33.7 Å². The van der Waals surface area contributed by atoms with Gasteiger partial charge in [0.1, 0.15) is 59.4 Å². The van der Waals surface area contributed by atoms with Crippen molar-refractivity contribution >= 4 is 108 Å². The highest BCUT2D eigenvalue weighted by Crippen LogP contribution is 2.46. The fourth-order valence-corrected chi connectivity index (χ4v) is 18.9. The van der Waals surface area contributed by atoms with Crippen molar-refractivity contribution in [1.29, 1.82) is 0 Å². The van der Waals surface area contributed by atoms with E-state index in [0.717, 1.165) is 268 Å². The molecule has 4 aliphatic carbocycles. The van der Waals surface area contributed by atoms with Crippen LogP contribution in [0.3, 0.4) is 0 Å². The van der Waals surface area contributed by atoms with Crippen LogP contribution in [0.5, 0.6) is 23.0 Å². The molecule has 4 saturated carbocycles. The number of nitrogens with zero attached hydrogens (tertiary/aromatic N) is 15. The second-order valence-corrected chi connectivity index (χ2v) is 35.9. The number of ether oxygens (including phenoxy) is 4. The molecule has 38 heteroatoms. The average Bonchev–Trinajstić information content (AvgIpc) is 1.74. The summed E-state index contributed by atoms with van der Waals surface area (Å²) in [6, 6.07) is 18.3. The van der Waals surface area contributed by atoms with Gasteiger partial charge in [-0.05, 0) is 163 Å². The van der Waals surface area contributed by atoms with Crippen LogP contribution in [0.25, 0.3) is 43.6 Å². The van der Waals surface area contributed by atoms with Crippen molar-refractivity contribution in [3.8, 4) is 23.0 Å². The summed E-state index contributed by atoms with van der Waals surface area (Å²) in [5.74, 6) is 6.03. The number of aromatic nitrogens is 7. The van der Waals surface area contributed by atoms with Gasteiger partial charge in [0.2, 0.25) is 0 Å². The first-order chi connectivity index (χ1) is 52.8. The molecular weight excluding hydrogens is 1510 g/mol. The molecule has 0 radical (unpaired) electrons. The summed E-state index contributed by atoms with van der Waals surface area (Å²) in [5, 5.41) is 24.8. The third-order valence-corrected chi connectivity index (χ3v) is 25.9. The number of hydrogen-bond donors (Lipinski definition) is 7. The molecular formula is C73H104N22O12S4. The lowest BCUT2D eigenvalue weighted by Crippen LogP contribution is -2.55. The fraction of sp³-hybridized carbons (Fsp3) is 0.548. The first kappa shape index (κ1) is 81.1. The molecule has 602 valence electrons. The van der Waals surface area contributed by atoms with E-state index in [-0.39, 0.29) is 28.7 Å². The molecule has 4 saturated heterocycles. The highest BCUT2D eigenvalue weighted by molar-refractivity contribution is 7.87. The van der Waals surface area contributed by atoms with Gasteiger partial charge in [0.25, 0.3) is 40.8 Å². The third kappa shape index (κ3) is 19.1. The van der Waals surface area contributed by atoms with Crippen LogP contribution < -0.4 is 73.3 Å². The maximum Gasteiger partial charge on any atom is 0.277 e. The predicted octanol–water partition coefficient (Wildman–Crippen LogP) is 3.37. The number of anilines is 4. The van der Waals surface area contributed by atoms with Crippen LogP contribution in [0.15, 0.2) is 79.8 Å². The monoisotopic (exact) mass is 1610 g/mol. The summed E-state index contributed by atoms with van der Waals surface area (Å²) in [4.78, 5) is 47.5. The Labute approximate surface area is 650 Å². The van der Waals surface area contributed by atoms with E-state index in [4.69, 9.17) is 39.5 Å². The summed E-state index contributed by atoms with van der Waals surface area (Å²) < 4.78 is 122. The molecule has 111 heavy (non-hydrogen) atoms. The number of nitrogens with one attached hydrogen (secondary N) is 3. The SMILES string of the molecule is COc1cc2c(N3CCC(N(C4CC4)S(N)(=O)=O)CC3)ncnc2cc1C.COc1cc2c(N3CCN(C4(CNS(N)(=O)=O)CC4)CC3)ccnc2cc1C.COc1cc2c(N3CCN(C4(CNS(N)(=O)=O)CC4)CC3)ncnc2cc1C.COc1cc2ncnc(N3CCN(C4(CNS(N)(=O)=O)CC4)CC3)c2cc1C. The Morgan fingerprint density at radius 2 is 0.694 bits per heavy atom. The predicted molar refractivity (Wildman–Crippen MR) is 429 cm³/mol. The van der Waals surface area contributed by atoms with Gasteiger partial charge in [-0.2, -0.15) is 38.0 Å². The van der Waals surface area contributed by atoms with Crippen molar-refractivity contribution < 1.29 is 52.6 Å². The van der Waals surface area contributed by atoms with E-state index in [1.165, 1.54) is 4.31 Å². The van der Waals surface area contributed by atoms with Gasteiger partial charge < -0.3 is 38.5 Å². The van der Waals surface area contributed by atoms with E-state index in [2.05, 4.69) is 108 Å². The van der Waals surface area contributed by atoms with Crippen molar-refractivity contribution in [2.24, 2.45) is 20.6 Å². The molecule has 8 heterocycles. The van der Waals surface area contributed by atoms with Crippen LogP contribution in [0.2, 0.25) is 0 Å². The van der Waals surface area contributed by atoms with Crippen molar-refractivity contribution in [2.75, 3.05) is 159 Å². The molecule has 0 amide bonds. The quantitative estimate of drug-likeness (QED) is 0.0482. The van der Waals surface area contributed by atoms with Crippen molar-refractivity contribution in [3.05, 3.63) is 102 Å². The number of hydrogen-bond acceptors (Lipinski definition) is 26. The van der Waals surface area contributed by atoms with Gasteiger partial charge in [-0.1, -0.05) is 0 Å². The summed E-state index contributed by atoms with van der Waals surface area (Å²) in [6.07, 6.45) is 15.9. The smallest absolute Gasteiger partial charge is 0.277 e. The molecule has 4 aromatic carbocycles. The number of piperazine rings is 3. The fourth-order valence-electron chi connectivity index (χ4n) is 16.2. The number of benzene rings is 4. The molecule has 8 fully saturated rings. The van der Waals surface area contributed by atoms with Gasteiger partial charge in [0.05, 0.1) is 50.5 Å². The number of rotatable bonds is 23. The Morgan fingerprint density at radius 3 is 1.04 bits per heavy atom. The minimum absolute atomic E-state index is 0.0337. The first-order valence-electron chi connectivity index (χ1n) is 37.5. The average molecular weight is 1610 g/mol. The Hall–Kier alpha value is -7.93. The Kier molecular flexibility index (Phi) is 24.0. The zero-order chi connectivity index (χ0) is 79.0. The van der Waals surface area contributed by atoms with E-state index in [1.54, 1.807) is 47.4 Å². The van der Waals surface area contributed by atoms with Gasteiger partial charge in [0, 0.05) is 179 Å². The topological polar surface area (TPSA) is 430 Å². The standard InChI is InChI=1S/C19H27N5O3S.2C18H26N6O3S.C18H25N5O3S/c1-14-11-16-15(12-18(14)27-2)17(3-6-21-16)23-7-9-24(10-8-23)19(4-5-19)13-22-28(20,25)26;1-13-9-15-14(10-16(13)27-2)17(21-12-20-15)23-5-7-24(8-6-23)18(3-4-18)11-22-28(19,25)26;1-13-9-14-15(10-16(13)27-2)20-12-21-17(14)23-5-7-24(8-6-23)18(3-4-18)11-22-28(19,25)26;1-12-9-16-15(10-17(12)26-2)18(21-11-20-16)22-7-5-14(6-8-22)23(13-3-4-13)27(19,24)25/h3,6,11-12,22H,4-5,7-10,13H2,1-2H3,(H2,20,25,26);2*9-10,12,22H,3-8,11H2,1-2H3,(H2,19,25,26);9-11,13-14H,3-8H2,1-2H3,(H2,19,24,25). The Bertz CT molecular complexity index is 5020. The molecule has 0 atom stereocenters. The summed E-state index contributed by atoms with van der Waals surface area (Å²) in [6.45, 7) is 20.9. The molecule has 8 aliphatic rings. The van der Waals surface area contributed by atoms with Crippen molar-refractivity contribution in [2.45, 2.75) is 121 Å². The van der Waals surface area contributed by atoms with E-state index in [1.807, 2.05) is 64.2 Å². The molecule has 4 aromatic heterocycles. The zero-order valence-corrected chi connectivity index (χ0v) is 67.6. The third-order valence-electron chi connectivity index (χ3n) is 23.0. The maximum atomic E-state index is 12.0. The van der Waals surface area contributed by atoms with Crippen LogP contribution >= 0.6 is 0 Å². The molecule has 34 nitrogen and oxygen atoms in total. The molecule has 8 aromatic rings. The van der Waals surface area contributed by atoms with E-state index < -0.39 is 40.8 Å². The maximum absolute atomic E-state index is 12.0. The molecule has 0 unspecified atom stereocenters. The van der Waals surface area contributed by atoms with E-state index in [0.29, 0.717) is 19.6 Å². The van der Waals surface area contributed by atoms with Gasteiger partial charge in [-0.15, -0.1) is 0 Å². The van der Waals surface area contributed by atoms with Gasteiger partial charge in [0.15, 0.2) is 0 Å². The highest BCUT2D eigenvalue weighted by atomic mass is 32.2. The van der Waals surface area contributed by atoms with Gasteiger partial charge >= 0.3 is 0 Å². The van der Waals surface area contributed by atoms with Crippen LogP contribution in [0.1, 0.15) is 86.5 Å². The van der Waals surface area contributed by atoms with Crippen LogP contribution in [0, 0.1) is 27.7 Å². The summed E-state index contributed by atoms with van der Waals surface area (Å²) in [5.41, 5.74) is 8.73. The zero-order valence-electron chi connectivity index (χ0n) is 64.3. The molecule has 16 rings (SSSR count). The van der Waals surface area contributed by atoms with Crippen molar-refractivity contribution in [3.63, 3.8) is 0 Å². The van der Waals surface area contributed by atoms with Crippen LogP contribution in [-0.4, -0.2) is 256 Å². The number of aryl methyl sites for hydroxylation is 4. The molecule has 11 N–H and O–H groups in total. The lowest BCUT2D eigenvalue weighted by Gasteiger charge is -2.41. The Morgan fingerprint density at radius 1 is 0.387 bits per heavy atom. The lowest BCUT2D eigenvalue weighted by molar-refractivity contribution is 0.167.